The zero-order valence-electron chi connectivity index (χ0n) is 11.5. The largest absolute Gasteiger partial charge is 0.322 e. The molecule has 23 heavy (non-hydrogen) atoms. The van der Waals surface area contributed by atoms with E-state index in [1.165, 1.54) is 29.5 Å². The molecule has 1 aromatic heterocycles. The zero-order valence-corrected chi connectivity index (χ0v) is 11.5. The Morgan fingerprint density at radius 3 is 2.39 bits per heavy atom. The van der Waals surface area contributed by atoms with Gasteiger partial charge < -0.3 is 5.32 Å². The first-order chi connectivity index (χ1) is 11.0. The number of hydrogen-bond donors (Lipinski definition) is 1. The lowest BCUT2D eigenvalue weighted by molar-refractivity contribution is 0.102. The quantitative estimate of drug-likeness (QED) is 0.808. The van der Waals surface area contributed by atoms with Gasteiger partial charge in [-0.2, -0.15) is 5.10 Å². The van der Waals surface area contributed by atoms with Gasteiger partial charge in [0.1, 0.15) is 30.0 Å². The highest BCUT2D eigenvalue weighted by Gasteiger charge is 2.12. The average molecular weight is 318 g/mol. The Hall–Kier alpha value is -3.16. The maximum absolute atomic E-state index is 14.0. The number of anilines is 1. The molecule has 0 saturated heterocycles. The number of nitrogens with zero attached hydrogens (tertiary/aromatic N) is 3. The topological polar surface area (TPSA) is 59.8 Å². The van der Waals surface area contributed by atoms with Crippen LogP contribution in [0.2, 0.25) is 0 Å². The third kappa shape index (κ3) is 3.20. The van der Waals surface area contributed by atoms with E-state index < -0.39 is 23.4 Å². The van der Waals surface area contributed by atoms with Gasteiger partial charge in [-0.25, -0.2) is 22.8 Å². The Kier molecular flexibility index (Phi) is 3.80. The predicted molar refractivity (Wildman–Crippen MR) is 75.6 cm³/mol. The van der Waals surface area contributed by atoms with Crippen molar-refractivity contribution in [3.63, 3.8) is 0 Å². The second-order valence-corrected chi connectivity index (χ2v) is 4.62. The molecule has 0 radical (unpaired) electrons. The van der Waals surface area contributed by atoms with Crippen molar-refractivity contribution in [3.05, 3.63) is 72.1 Å². The Morgan fingerprint density at radius 1 is 1.04 bits per heavy atom. The molecule has 5 nitrogen and oxygen atoms in total. The summed E-state index contributed by atoms with van der Waals surface area (Å²) in [5, 5.41) is 6.17. The Labute approximate surface area is 128 Å². The first-order valence-electron chi connectivity index (χ1n) is 6.45. The monoisotopic (exact) mass is 318 g/mol. The lowest BCUT2D eigenvalue weighted by atomic mass is 10.2. The van der Waals surface area contributed by atoms with Crippen molar-refractivity contribution in [1.82, 2.24) is 14.8 Å². The molecule has 3 rings (SSSR count). The van der Waals surface area contributed by atoms with Crippen LogP contribution in [-0.2, 0) is 0 Å². The van der Waals surface area contributed by atoms with Gasteiger partial charge in [0, 0.05) is 17.3 Å². The number of halogens is 3. The van der Waals surface area contributed by atoms with Gasteiger partial charge in [0.05, 0.1) is 0 Å². The molecule has 1 amide bonds. The molecule has 0 fully saturated rings. The van der Waals surface area contributed by atoms with E-state index in [9.17, 15) is 18.0 Å². The van der Waals surface area contributed by atoms with E-state index in [0.717, 1.165) is 18.2 Å². The highest BCUT2D eigenvalue weighted by atomic mass is 19.1. The van der Waals surface area contributed by atoms with Crippen LogP contribution in [0.1, 0.15) is 10.4 Å². The van der Waals surface area contributed by atoms with Crippen LogP contribution < -0.4 is 5.32 Å². The minimum absolute atomic E-state index is 0.140. The maximum Gasteiger partial charge on any atom is 0.255 e. The minimum atomic E-state index is -0.872. The van der Waals surface area contributed by atoms with Crippen molar-refractivity contribution in [2.45, 2.75) is 0 Å². The molecule has 0 spiro atoms. The number of rotatable bonds is 3. The smallest absolute Gasteiger partial charge is 0.255 e. The van der Waals surface area contributed by atoms with Crippen LogP contribution in [0.25, 0.3) is 5.69 Å². The molecular weight excluding hydrogens is 309 g/mol. The van der Waals surface area contributed by atoms with Crippen LogP contribution >= 0.6 is 0 Å². The number of benzene rings is 2. The van der Waals surface area contributed by atoms with Crippen LogP contribution in [0.4, 0.5) is 18.9 Å². The van der Waals surface area contributed by atoms with E-state index in [4.69, 9.17) is 0 Å². The molecule has 0 aliphatic carbocycles. The summed E-state index contributed by atoms with van der Waals surface area (Å²) in [6, 6.07) is 6.34. The van der Waals surface area contributed by atoms with Gasteiger partial charge in [0.2, 0.25) is 0 Å². The van der Waals surface area contributed by atoms with Crippen molar-refractivity contribution in [2.24, 2.45) is 0 Å². The van der Waals surface area contributed by atoms with Crippen molar-refractivity contribution in [1.29, 1.82) is 0 Å². The Balaban J connectivity index is 1.83. The van der Waals surface area contributed by atoms with Gasteiger partial charge in [-0.05, 0) is 30.3 Å². The van der Waals surface area contributed by atoms with Gasteiger partial charge in [-0.3, -0.25) is 4.79 Å². The molecule has 0 bridgehead atoms. The van der Waals surface area contributed by atoms with E-state index >= 15 is 0 Å². The molecule has 0 saturated carbocycles. The summed E-state index contributed by atoms with van der Waals surface area (Å²) in [6.45, 7) is 0. The van der Waals surface area contributed by atoms with Crippen LogP contribution in [0.5, 0.6) is 0 Å². The molecule has 8 heteroatoms. The second kappa shape index (κ2) is 5.91. The summed E-state index contributed by atoms with van der Waals surface area (Å²) < 4.78 is 41.5. The van der Waals surface area contributed by atoms with E-state index in [1.807, 2.05) is 0 Å². The standard InChI is InChI=1S/C15H9F3N4O/c16-10-3-9(4-11(17)5-10)15(23)21-12-1-2-14(13(18)6-12)22-8-19-7-20-22/h1-8H,(H,21,23). The minimum Gasteiger partial charge on any atom is -0.322 e. The molecular formula is C15H9F3N4O. The molecule has 0 aliphatic rings. The predicted octanol–water partition coefficient (Wildman–Crippen LogP) is 2.94. The molecule has 2 aromatic carbocycles. The Morgan fingerprint density at radius 2 is 1.78 bits per heavy atom. The first kappa shape index (κ1) is 14.8. The zero-order chi connectivity index (χ0) is 16.4. The van der Waals surface area contributed by atoms with Gasteiger partial charge in [0.15, 0.2) is 5.82 Å². The lowest BCUT2D eigenvalue weighted by Crippen LogP contribution is -2.13. The van der Waals surface area contributed by atoms with Crippen LogP contribution in [0, 0.1) is 17.5 Å². The second-order valence-electron chi connectivity index (χ2n) is 4.62. The summed E-state index contributed by atoms with van der Waals surface area (Å²) in [5.74, 6) is -3.14. The fourth-order valence-corrected chi connectivity index (χ4v) is 1.99. The summed E-state index contributed by atoms with van der Waals surface area (Å²) in [5.41, 5.74) is 0.0848. The highest BCUT2D eigenvalue weighted by Crippen LogP contribution is 2.18. The normalized spacial score (nSPS) is 10.6. The van der Waals surface area contributed by atoms with Gasteiger partial charge in [-0.1, -0.05) is 0 Å². The van der Waals surface area contributed by atoms with Gasteiger partial charge >= 0.3 is 0 Å². The van der Waals surface area contributed by atoms with Crippen molar-refractivity contribution >= 4 is 11.6 Å². The third-order valence-electron chi connectivity index (χ3n) is 3.00. The number of aromatic nitrogens is 3. The summed E-state index contributed by atoms with van der Waals surface area (Å²) >= 11 is 0. The van der Waals surface area contributed by atoms with Crippen molar-refractivity contribution < 1.29 is 18.0 Å². The van der Waals surface area contributed by atoms with Gasteiger partial charge in [-0.15, -0.1) is 0 Å². The van der Waals surface area contributed by atoms with Crippen LogP contribution in [-0.4, -0.2) is 20.7 Å². The molecule has 1 heterocycles. The van der Waals surface area contributed by atoms with E-state index in [2.05, 4.69) is 15.4 Å². The molecule has 3 aromatic rings. The van der Waals surface area contributed by atoms with Crippen LogP contribution in [0.3, 0.4) is 0 Å². The molecule has 116 valence electrons. The van der Waals surface area contributed by atoms with E-state index in [1.54, 1.807) is 0 Å². The summed E-state index contributed by atoms with van der Waals surface area (Å²) in [4.78, 5) is 15.7. The number of carbonyl (C=O) groups excluding carboxylic acids is 1. The molecule has 0 unspecified atom stereocenters. The average Bonchev–Trinajstić information content (AvgIpc) is 3.00. The van der Waals surface area contributed by atoms with E-state index in [-0.39, 0.29) is 16.9 Å². The maximum atomic E-state index is 14.0. The summed E-state index contributed by atoms with van der Waals surface area (Å²) in [6.07, 6.45) is 2.58. The number of amides is 1. The first-order valence-corrected chi connectivity index (χ1v) is 6.45. The number of nitrogens with one attached hydrogen (secondary N) is 1. The van der Waals surface area contributed by atoms with Crippen molar-refractivity contribution in [3.8, 4) is 5.69 Å². The molecule has 0 aliphatic heterocycles. The molecule has 1 N–H and O–H groups in total. The Bertz CT molecular complexity index is 845. The fourth-order valence-electron chi connectivity index (χ4n) is 1.99. The fraction of sp³-hybridized carbons (Fsp3) is 0. The lowest BCUT2D eigenvalue weighted by Gasteiger charge is -2.08. The molecule has 0 atom stereocenters. The van der Waals surface area contributed by atoms with Gasteiger partial charge in [0.25, 0.3) is 5.91 Å². The van der Waals surface area contributed by atoms with Crippen LogP contribution in [0.15, 0.2) is 49.1 Å². The number of carbonyl (C=O) groups is 1. The highest BCUT2D eigenvalue weighted by molar-refractivity contribution is 6.04. The van der Waals surface area contributed by atoms with Crippen molar-refractivity contribution in [2.75, 3.05) is 5.32 Å². The SMILES string of the molecule is O=C(Nc1ccc(-n2cncn2)c(F)c1)c1cc(F)cc(F)c1. The third-order valence-corrected chi connectivity index (χ3v) is 3.00. The number of hydrogen-bond acceptors (Lipinski definition) is 3. The van der Waals surface area contributed by atoms with E-state index in [0.29, 0.717) is 6.07 Å². The summed E-state index contributed by atoms with van der Waals surface area (Å²) in [7, 11) is 0.